The summed E-state index contributed by atoms with van der Waals surface area (Å²) < 4.78 is 0. The van der Waals surface area contributed by atoms with Gasteiger partial charge in [0.05, 0.1) is 18.2 Å². The Morgan fingerprint density at radius 3 is 3.00 bits per heavy atom. The highest BCUT2D eigenvalue weighted by atomic mass is 32.1. The fraction of sp³-hybridized carbons (Fsp3) is 0.167. The van der Waals surface area contributed by atoms with Crippen LogP contribution in [-0.2, 0) is 6.42 Å². The number of thiazole rings is 1. The number of carbonyl (C=O) groups excluding carboxylic acids is 1. The molecule has 7 heteroatoms. The van der Waals surface area contributed by atoms with Gasteiger partial charge in [-0.1, -0.05) is 0 Å². The van der Waals surface area contributed by atoms with Crippen molar-refractivity contribution in [3.63, 3.8) is 0 Å². The number of hydrogen-bond acceptors (Lipinski definition) is 5. The third-order valence-corrected chi connectivity index (χ3v) is 3.41. The number of nitriles is 1. The van der Waals surface area contributed by atoms with Crippen molar-refractivity contribution in [3.05, 3.63) is 38.1 Å². The van der Waals surface area contributed by atoms with Crippen LogP contribution in [0.2, 0.25) is 0 Å². The van der Waals surface area contributed by atoms with Gasteiger partial charge in [-0.3, -0.25) is 9.59 Å². The minimum atomic E-state index is -0.782. The lowest BCUT2D eigenvalue weighted by atomic mass is 10.1. The predicted molar refractivity (Wildman–Crippen MR) is 70.7 cm³/mol. The molecule has 2 aromatic heterocycles. The molecule has 0 aliphatic rings. The molecule has 0 unspecified atom stereocenters. The van der Waals surface area contributed by atoms with E-state index >= 15 is 0 Å². The predicted octanol–water partition coefficient (Wildman–Crippen LogP) is 0.972. The van der Waals surface area contributed by atoms with E-state index in [1.165, 1.54) is 17.4 Å². The molecule has 2 aromatic rings. The Hall–Kier alpha value is -2.46. The van der Waals surface area contributed by atoms with Crippen LogP contribution in [0.5, 0.6) is 0 Å². The number of nitrogens with one attached hydrogen (secondary N) is 1. The maximum atomic E-state index is 11.6. The van der Waals surface area contributed by atoms with Crippen LogP contribution in [-0.4, -0.2) is 15.9 Å². The highest BCUT2D eigenvalue weighted by molar-refractivity contribution is 7.10. The number of hydrogen-bond donors (Lipinski definition) is 2. The first-order valence-electron chi connectivity index (χ1n) is 5.38. The highest BCUT2D eigenvalue weighted by Gasteiger charge is 2.13. The van der Waals surface area contributed by atoms with Gasteiger partial charge in [-0.05, 0) is 13.0 Å². The van der Waals surface area contributed by atoms with E-state index in [2.05, 4.69) is 9.97 Å². The van der Waals surface area contributed by atoms with Crippen LogP contribution in [0.3, 0.4) is 0 Å². The summed E-state index contributed by atoms with van der Waals surface area (Å²) in [4.78, 5) is 29.6. The second-order valence-electron chi connectivity index (χ2n) is 3.88. The Balaban J connectivity index is 2.55. The average Bonchev–Trinajstić information content (AvgIpc) is 2.77. The number of aromatic amines is 1. The topological polar surface area (TPSA) is 113 Å². The van der Waals surface area contributed by atoms with E-state index < -0.39 is 11.5 Å². The molecule has 2 heterocycles. The van der Waals surface area contributed by atoms with Crippen molar-refractivity contribution in [1.82, 2.24) is 9.97 Å². The first kappa shape index (κ1) is 13.0. The van der Waals surface area contributed by atoms with Gasteiger partial charge >= 0.3 is 0 Å². The first-order valence-corrected chi connectivity index (χ1v) is 6.26. The highest BCUT2D eigenvalue weighted by Crippen LogP contribution is 2.24. The number of carbonyl (C=O) groups is 1. The van der Waals surface area contributed by atoms with Crippen LogP contribution in [0.15, 0.2) is 16.2 Å². The Kier molecular flexibility index (Phi) is 3.44. The summed E-state index contributed by atoms with van der Waals surface area (Å²) in [7, 11) is 0. The van der Waals surface area contributed by atoms with Crippen molar-refractivity contribution < 1.29 is 4.79 Å². The fourth-order valence-electron chi connectivity index (χ4n) is 1.66. The summed E-state index contributed by atoms with van der Waals surface area (Å²) in [6, 6.07) is 3.45. The van der Waals surface area contributed by atoms with E-state index in [-0.39, 0.29) is 12.0 Å². The molecule has 0 saturated heterocycles. The zero-order valence-corrected chi connectivity index (χ0v) is 10.9. The number of nitrogens with two attached hydrogens (primary N) is 1. The summed E-state index contributed by atoms with van der Waals surface area (Å²) in [5, 5.41) is 11.1. The molecule has 2 rings (SSSR count). The van der Waals surface area contributed by atoms with E-state index in [1.54, 1.807) is 12.3 Å². The molecule has 0 saturated carbocycles. The molecule has 1 amide bonds. The quantitative estimate of drug-likeness (QED) is 0.868. The molecular weight excluding hydrogens is 264 g/mol. The third kappa shape index (κ3) is 2.53. The lowest BCUT2D eigenvalue weighted by Crippen LogP contribution is -2.24. The Bertz CT molecular complexity index is 739. The summed E-state index contributed by atoms with van der Waals surface area (Å²) >= 11 is 1.35. The summed E-state index contributed by atoms with van der Waals surface area (Å²) in [5.41, 5.74) is 6.38. The van der Waals surface area contributed by atoms with Crippen molar-refractivity contribution >= 4 is 17.2 Å². The number of amides is 1. The van der Waals surface area contributed by atoms with Crippen LogP contribution in [0.25, 0.3) is 11.3 Å². The molecule has 19 heavy (non-hydrogen) atoms. The van der Waals surface area contributed by atoms with E-state index in [1.807, 2.05) is 6.07 Å². The lowest BCUT2D eigenvalue weighted by molar-refractivity contribution is 0.0999. The van der Waals surface area contributed by atoms with Gasteiger partial charge in [0, 0.05) is 16.6 Å². The van der Waals surface area contributed by atoms with Gasteiger partial charge < -0.3 is 10.7 Å². The number of aromatic nitrogens is 2. The molecule has 0 spiro atoms. The molecule has 0 aromatic carbocycles. The van der Waals surface area contributed by atoms with Crippen LogP contribution < -0.4 is 11.3 Å². The third-order valence-electron chi connectivity index (χ3n) is 2.56. The molecule has 0 atom stereocenters. The standard InChI is InChI=1S/C12H10N4O2S/c1-6-7(4-8(11(14)17)12(18)15-6)9-5-19-10(16-9)2-3-13/h4-5H,2H2,1H3,(H2,14,17)(H,15,18). The second kappa shape index (κ2) is 5.04. The lowest BCUT2D eigenvalue weighted by Gasteiger charge is -2.04. The molecule has 0 bridgehead atoms. The van der Waals surface area contributed by atoms with Gasteiger partial charge in [-0.15, -0.1) is 11.3 Å². The molecule has 0 fully saturated rings. The maximum Gasteiger partial charge on any atom is 0.261 e. The molecule has 96 valence electrons. The molecule has 0 radical (unpaired) electrons. The zero-order chi connectivity index (χ0) is 14.0. The van der Waals surface area contributed by atoms with Crippen LogP contribution in [0.4, 0.5) is 0 Å². The van der Waals surface area contributed by atoms with Crippen molar-refractivity contribution in [2.24, 2.45) is 5.73 Å². The summed E-state index contributed by atoms with van der Waals surface area (Å²) in [6.07, 6.45) is 0.232. The summed E-state index contributed by atoms with van der Waals surface area (Å²) in [5.74, 6) is -0.782. The molecule has 6 nitrogen and oxygen atoms in total. The van der Waals surface area contributed by atoms with Gasteiger partial charge in [0.15, 0.2) is 0 Å². The van der Waals surface area contributed by atoms with E-state index in [4.69, 9.17) is 11.0 Å². The van der Waals surface area contributed by atoms with Crippen LogP contribution >= 0.6 is 11.3 Å². The maximum absolute atomic E-state index is 11.6. The second-order valence-corrected chi connectivity index (χ2v) is 4.82. The minimum Gasteiger partial charge on any atom is -0.365 e. The zero-order valence-electron chi connectivity index (χ0n) is 10.1. The Labute approximate surface area is 112 Å². The van der Waals surface area contributed by atoms with Gasteiger partial charge in [0.1, 0.15) is 10.6 Å². The number of pyridine rings is 1. The normalized spacial score (nSPS) is 10.1. The Morgan fingerprint density at radius 1 is 1.63 bits per heavy atom. The smallest absolute Gasteiger partial charge is 0.261 e. The Morgan fingerprint density at radius 2 is 2.37 bits per heavy atom. The van der Waals surface area contributed by atoms with Crippen LogP contribution in [0.1, 0.15) is 21.1 Å². The van der Waals surface area contributed by atoms with Crippen molar-refractivity contribution in [1.29, 1.82) is 5.26 Å². The van der Waals surface area contributed by atoms with Crippen molar-refractivity contribution in [3.8, 4) is 17.3 Å². The summed E-state index contributed by atoms with van der Waals surface area (Å²) in [6.45, 7) is 1.71. The fourth-order valence-corrected chi connectivity index (χ4v) is 2.38. The number of nitrogens with zero attached hydrogens (tertiary/aromatic N) is 2. The SMILES string of the molecule is Cc1[nH]c(=O)c(C(N)=O)cc1-c1csc(CC#N)n1. The van der Waals surface area contributed by atoms with Gasteiger partial charge in [-0.25, -0.2) is 4.98 Å². The number of primary amides is 1. The number of H-pyrrole nitrogens is 1. The van der Waals surface area contributed by atoms with E-state index in [0.29, 0.717) is 22.0 Å². The minimum absolute atomic E-state index is 0.101. The monoisotopic (exact) mass is 274 g/mol. The van der Waals surface area contributed by atoms with Crippen LogP contribution in [0, 0.1) is 18.3 Å². The molecule has 0 aliphatic carbocycles. The van der Waals surface area contributed by atoms with E-state index in [0.717, 1.165) is 0 Å². The first-order chi connectivity index (χ1) is 9.02. The molecule has 0 aliphatic heterocycles. The van der Waals surface area contributed by atoms with Crippen molar-refractivity contribution in [2.75, 3.05) is 0 Å². The largest absolute Gasteiger partial charge is 0.365 e. The van der Waals surface area contributed by atoms with E-state index in [9.17, 15) is 9.59 Å². The number of rotatable bonds is 3. The number of aryl methyl sites for hydroxylation is 1. The van der Waals surface area contributed by atoms with Gasteiger partial charge in [-0.2, -0.15) is 5.26 Å². The van der Waals surface area contributed by atoms with Gasteiger partial charge in [0.25, 0.3) is 11.5 Å². The van der Waals surface area contributed by atoms with Gasteiger partial charge in [0.2, 0.25) is 0 Å². The average molecular weight is 274 g/mol. The van der Waals surface area contributed by atoms with Crippen molar-refractivity contribution in [2.45, 2.75) is 13.3 Å². The molecular formula is C12H10N4O2S. The molecule has 3 N–H and O–H groups in total.